The third-order valence-electron chi connectivity index (χ3n) is 3.88. The van der Waals surface area contributed by atoms with Crippen molar-refractivity contribution in [1.29, 1.82) is 0 Å². The Bertz CT molecular complexity index is 685. The quantitative estimate of drug-likeness (QED) is 0.375. The van der Waals surface area contributed by atoms with Gasteiger partial charge in [-0.2, -0.15) is 0 Å². The molecule has 0 radical (unpaired) electrons. The number of nitrogens with zero attached hydrogens (tertiary/aromatic N) is 1. The van der Waals surface area contributed by atoms with Crippen molar-refractivity contribution in [2.24, 2.45) is 0 Å². The maximum Gasteiger partial charge on any atom is 0.304 e. The summed E-state index contributed by atoms with van der Waals surface area (Å²) >= 11 is 12.1. The van der Waals surface area contributed by atoms with Crippen LogP contribution >= 0.6 is 23.2 Å². The third-order valence-corrected chi connectivity index (χ3v) is 4.51. The van der Waals surface area contributed by atoms with E-state index in [0.29, 0.717) is 10.0 Å². The number of esters is 1. The van der Waals surface area contributed by atoms with E-state index in [2.05, 4.69) is 24.1 Å². The summed E-state index contributed by atoms with van der Waals surface area (Å²) in [5.74, 6) is -0.204. The lowest BCUT2D eigenvalue weighted by molar-refractivity contribution is -0.154. The predicted molar refractivity (Wildman–Crippen MR) is 120 cm³/mol. The van der Waals surface area contributed by atoms with Gasteiger partial charge in [-0.05, 0) is 44.0 Å². The van der Waals surface area contributed by atoms with Gasteiger partial charge in [0.2, 0.25) is 0 Å². The molecular weight excluding hydrogens is 395 g/mol. The van der Waals surface area contributed by atoms with Gasteiger partial charge in [0.15, 0.2) is 6.23 Å². The molecule has 4 nitrogen and oxygen atoms in total. The fourth-order valence-electron chi connectivity index (χ4n) is 2.65. The minimum absolute atomic E-state index is 0.0857. The number of carbonyl (C=O) groups is 1. The number of carbonyl (C=O) groups excluding carboxylic acids is 1. The number of rotatable bonds is 8. The van der Waals surface area contributed by atoms with E-state index in [1.807, 2.05) is 43.3 Å². The molecule has 0 heterocycles. The largest absolute Gasteiger partial charge is 0.447 e. The van der Waals surface area contributed by atoms with E-state index in [0.717, 1.165) is 37.3 Å². The summed E-state index contributed by atoms with van der Waals surface area (Å²) in [6.07, 6.45) is 2.09. The second-order valence-electron chi connectivity index (χ2n) is 6.33. The summed E-state index contributed by atoms with van der Waals surface area (Å²) < 4.78 is 5.10. The van der Waals surface area contributed by atoms with Crippen molar-refractivity contribution in [3.8, 4) is 0 Å². The molecule has 0 aromatic heterocycles. The standard InChI is InChI=1S/C12H9Cl2N.C10H21NO2/c13-10-7-4-8-11(14)12(10)15-9-5-2-1-3-6-9;1-5-7-11(8-6-2)9(3)13-10(4)12/h1-8,15H;9H,5-8H2,1-4H3. The van der Waals surface area contributed by atoms with Crippen LogP contribution in [0.15, 0.2) is 48.5 Å². The van der Waals surface area contributed by atoms with Crippen LogP contribution in [0.2, 0.25) is 10.0 Å². The van der Waals surface area contributed by atoms with Gasteiger partial charge in [-0.3, -0.25) is 9.69 Å². The van der Waals surface area contributed by atoms with Gasteiger partial charge in [-0.15, -0.1) is 0 Å². The van der Waals surface area contributed by atoms with Crippen molar-refractivity contribution in [3.63, 3.8) is 0 Å². The first-order chi connectivity index (χ1) is 13.4. The summed E-state index contributed by atoms with van der Waals surface area (Å²) in [7, 11) is 0. The molecule has 2 rings (SSSR count). The molecule has 154 valence electrons. The molecule has 6 heteroatoms. The van der Waals surface area contributed by atoms with E-state index < -0.39 is 0 Å². The van der Waals surface area contributed by atoms with Crippen LogP contribution in [-0.2, 0) is 9.53 Å². The first kappa shape index (κ1) is 24.3. The Labute approximate surface area is 178 Å². The van der Waals surface area contributed by atoms with Gasteiger partial charge in [0.05, 0.1) is 15.7 Å². The summed E-state index contributed by atoms with van der Waals surface area (Å²) in [6.45, 7) is 9.61. The fraction of sp³-hybridized carbons (Fsp3) is 0.409. The van der Waals surface area contributed by atoms with Gasteiger partial charge in [0.25, 0.3) is 0 Å². The number of anilines is 2. The van der Waals surface area contributed by atoms with E-state index in [4.69, 9.17) is 27.9 Å². The number of para-hydroxylation sites is 2. The van der Waals surface area contributed by atoms with Crippen LogP contribution < -0.4 is 5.32 Å². The van der Waals surface area contributed by atoms with Gasteiger partial charge in [-0.1, -0.05) is 61.3 Å². The molecule has 2 aromatic carbocycles. The molecule has 1 N–H and O–H groups in total. The molecule has 0 amide bonds. The van der Waals surface area contributed by atoms with E-state index in [1.54, 1.807) is 12.1 Å². The van der Waals surface area contributed by atoms with Crippen molar-refractivity contribution in [3.05, 3.63) is 58.6 Å². The van der Waals surface area contributed by atoms with E-state index >= 15 is 0 Å². The Balaban J connectivity index is 0.000000284. The number of hydrogen-bond donors (Lipinski definition) is 1. The molecule has 0 bridgehead atoms. The molecule has 0 aliphatic carbocycles. The number of benzene rings is 2. The van der Waals surface area contributed by atoms with Crippen molar-refractivity contribution >= 4 is 40.5 Å². The Hall–Kier alpha value is -1.75. The smallest absolute Gasteiger partial charge is 0.304 e. The fourth-order valence-corrected chi connectivity index (χ4v) is 3.14. The van der Waals surface area contributed by atoms with Crippen molar-refractivity contribution in [2.75, 3.05) is 18.4 Å². The van der Waals surface area contributed by atoms with Crippen LogP contribution in [0.3, 0.4) is 0 Å². The van der Waals surface area contributed by atoms with Gasteiger partial charge in [-0.25, -0.2) is 0 Å². The molecule has 2 aromatic rings. The molecule has 0 saturated heterocycles. The minimum Gasteiger partial charge on any atom is -0.447 e. The number of nitrogens with one attached hydrogen (secondary N) is 1. The Morgan fingerprint density at radius 1 is 1.00 bits per heavy atom. The zero-order chi connectivity index (χ0) is 20.9. The molecule has 28 heavy (non-hydrogen) atoms. The highest BCUT2D eigenvalue weighted by atomic mass is 35.5. The van der Waals surface area contributed by atoms with Crippen molar-refractivity contribution in [1.82, 2.24) is 4.90 Å². The number of hydrogen-bond acceptors (Lipinski definition) is 4. The molecule has 0 spiro atoms. The Morgan fingerprint density at radius 3 is 2.00 bits per heavy atom. The summed E-state index contributed by atoms with van der Waals surface area (Å²) in [4.78, 5) is 12.9. The zero-order valence-corrected chi connectivity index (χ0v) is 18.6. The molecule has 1 atom stereocenters. The molecule has 0 aliphatic rings. The Kier molecular flexibility index (Phi) is 11.7. The minimum atomic E-state index is -0.204. The highest BCUT2D eigenvalue weighted by Crippen LogP contribution is 2.32. The summed E-state index contributed by atoms with van der Waals surface area (Å²) in [5.41, 5.74) is 1.71. The van der Waals surface area contributed by atoms with Crippen LogP contribution in [0, 0.1) is 0 Å². The molecular formula is C22H30Cl2N2O2. The number of halogens is 2. The SMILES string of the molecule is CCCN(CCC)C(C)OC(C)=O.Clc1cccc(Cl)c1Nc1ccccc1. The van der Waals surface area contributed by atoms with Crippen molar-refractivity contribution in [2.45, 2.75) is 46.8 Å². The van der Waals surface area contributed by atoms with Gasteiger partial charge in [0, 0.05) is 25.7 Å². The third kappa shape index (κ3) is 8.96. The first-order valence-electron chi connectivity index (χ1n) is 9.56. The van der Waals surface area contributed by atoms with Crippen molar-refractivity contribution < 1.29 is 9.53 Å². The summed E-state index contributed by atoms with van der Waals surface area (Å²) in [5, 5.41) is 4.41. The molecule has 0 fully saturated rings. The second kappa shape index (κ2) is 13.4. The van der Waals surface area contributed by atoms with Crippen LogP contribution in [-0.4, -0.2) is 30.2 Å². The highest BCUT2D eigenvalue weighted by Gasteiger charge is 2.13. The van der Waals surface area contributed by atoms with Gasteiger partial charge >= 0.3 is 5.97 Å². The lowest BCUT2D eigenvalue weighted by Gasteiger charge is -2.27. The van der Waals surface area contributed by atoms with Crippen LogP contribution in [0.5, 0.6) is 0 Å². The van der Waals surface area contributed by atoms with Gasteiger partial charge < -0.3 is 10.1 Å². The summed E-state index contributed by atoms with van der Waals surface area (Å²) in [6, 6.07) is 15.2. The molecule has 0 aliphatic heterocycles. The normalized spacial score (nSPS) is 11.4. The monoisotopic (exact) mass is 424 g/mol. The van der Waals surface area contributed by atoms with E-state index in [9.17, 15) is 4.79 Å². The van der Waals surface area contributed by atoms with E-state index in [-0.39, 0.29) is 12.2 Å². The topological polar surface area (TPSA) is 41.6 Å². The highest BCUT2D eigenvalue weighted by molar-refractivity contribution is 6.39. The van der Waals surface area contributed by atoms with Crippen LogP contribution in [0.4, 0.5) is 11.4 Å². The maximum atomic E-state index is 10.7. The van der Waals surface area contributed by atoms with Crippen LogP contribution in [0.1, 0.15) is 40.5 Å². The number of ether oxygens (including phenoxy) is 1. The molecule has 1 unspecified atom stereocenters. The zero-order valence-electron chi connectivity index (χ0n) is 17.0. The van der Waals surface area contributed by atoms with Gasteiger partial charge in [0.1, 0.15) is 0 Å². The molecule has 0 saturated carbocycles. The predicted octanol–water partition coefficient (Wildman–Crippen LogP) is 6.75. The second-order valence-corrected chi connectivity index (χ2v) is 7.15. The average molecular weight is 425 g/mol. The average Bonchev–Trinajstić information content (AvgIpc) is 2.65. The lowest BCUT2D eigenvalue weighted by atomic mass is 10.2. The first-order valence-corrected chi connectivity index (χ1v) is 10.3. The maximum absolute atomic E-state index is 10.7. The lowest BCUT2D eigenvalue weighted by Crippen LogP contribution is -2.37. The van der Waals surface area contributed by atoms with Crippen LogP contribution in [0.25, 0.3) is 0 Å². The van der Waals surface area contributed by atoms with E-state index in [1.165, 1.54) is 6.92 Å². The Morgan fingerprint density at radius 2 is 1.54 bits per heavy atom.